The third kappa shape index (κ3) is 5.55. The zero-order valence-electron chi connectivity index (χ0n) is 17.0. The molecule has 30 heavy (non-hydrogen) atoms. The Morgan fingerprint density at radius 1 is 1.13 bits per heavy atom. The van der Waals surface area contributed by atoms with Gasteiger partial charge in [0.05, 0.1) is 11.5 Å². The number of hydrogen-bond acceptors (Lipinski definition) is 6. The molecule has 0 amide bonds. The van der Waals surface area contributed by atoms with Crippen molar-refractivity contribution in [1.29, 1.82) is 0 Å². The zero-order valence-corrected chi connectivity index (χ0v) is 17.8. The topological polar surface area (TPSA) is 68.3 Å². The average molecular weight is 426 g/mol. The molecule has 1 fully saturated rings. The SMILES string of the molecule is C=N/C(Cl)=C\C=C(/N)N1CCN(CC2=C(O)C(=C)N(Cc3ccccc3)C=C2)CC1. The number of nitrogens with two attached hydrogens (primary N) is 1. The van der Waals surface area contributed by atoms with Crippen LogP contribution >= 0.6 is 11.6 Å². The Hall–Kier alpha value is -2.96. The molecule has 0 aliphatic carbocycles. The second-order valence-electron chi connectivity index (χ2n) is 7.25. The Kier molecular flexibility index (Phi) is 7.38. The number of aliphatic hydroxyl groups is 1. The van der Waals surface area contributed by atoms with Crippen LogP contribution in [0.1, 0.15) is 5.56 Å². The molecular formula is C23H28ClN5O. The number of benzene rings is 1. The second-order valence-corrected chi connectivity index (χ2v) is 7.64. The third-order valence-electron chi connectivity index (χ3n) is 5.25. The van der Waals surface area contributed by atoms with Gasteiger partial charge in [-0.15, -0.1) is 0 Å². The zero-order chi connectivity index (χ0) is 21.5. The Morgan fingerprint density at radius 3 is 2.50 bits per heavy atom. The van der Waals surface area contributed by atoms with Crippen molar-refractivity contribution < 1.29 is 5.11 Å². The quantitative estimate of drug-likeness (QED) is 0.397. The van der Waals surface area contributed by atoms with E-state index in [1.54, 1.807) is 12.2 Å². The maximum Gasteiger partial charge on any atom is 0.143 e. The number of allylic oxidation sites excluding steroid dienone is 2. The fourth-order valence-electron chi connectivity index (χ4n) is 3.44. The molecule has 3 N–H and O–H groups in total. The largest absolute Gasteiger partial charge is 0.505 e. The van der Waals surface area contributed by atoms with Gasteiger partial charge in [-0.2, -0.15) is 0 Å². The lowest BCUT2D eigenvalue weighted by Gasteiger charge is -2.37. The molecule has 7 heteroatoms. The van der Waals surface area contributed by atoms with E-state index in [2.05, 4.69) is 40.2 Å². The minimum absolute atomic E-state index is 0.256. The minimum Gasteiger partial charge on any atom is -0.505 e. The van der Waals surface area contributed by atoms with Crippen molar-refractivity contribution in [3.63, 3.8) is 0 Å². The molecule has 158 valence electrons. The summed E-state index contributed by atoms with van der Waals surface area (Å²) in [4.78, 5) is 10.00. The van der Waals surface area contributed by atoms with Gasteiger partial charge in [-0.25, -0.2) is 0 Å². The first-order valence-corrected chi connectivity index (χ1v) is 10.2. The smallest absolute Gasteiger partial charge is 0.143 e. The fraction of sp³-hybridized carbons (Fsp3) is 0.261. The van der Waals surface area contributed by atoms with Crippen LogP contribution in [0.25, 0.3) is 0 Å². The predicted octanol–water partition coefficient (Wildman–Crippen LogP) is 3.54. The van der Waals surface area contributed by atoms with Crippen molar-refractivity contribution in [2.24, 2.45) is 10.7 Å². The number of nitrogens with zero attached hydrogens (tertiary/aromatic N) is 4. The Bertz CT molecular complexity index is 895. The summed E-state index contributed by atoms with van der Waals surface area (Å²) in [6.45, 7) is 12.1. The lowest BCUT2D eigenvalue weighted by molar-refractivity contribution is 0.166. The van der Waals surface area contributed by atoms with Gasteiger partial charge in [-0.1, -0.05) is 48.5 Å². The fourth-order valence-corrected chi connectivity index (χ4v) is 3.51. The van der Waals surface area contributed by atoms with E-state index >= 15 is 0 Å². The Balaban J connectivity index is 1.54. The number of hydrogen-bond donors (Lipinski definition) is 2. The van der Waals surface area contributed by atoms with Gasteiger partial charge < -0.3 is 20.6 Å². The van der Waals surface area contributed by atoms with Crippen LogP contribution in [0.4, 0.5) is 0 Å². The van der Waals surface area contributed by atoms with Gasteiger partial charge in [-0.05, 0) is 30.5 Å². The highest BCUT2D eigenvalue weighted by Gasteiger charge is 2.22. The molecule has 0 aromatic heterocycles. The highest BCUT2D eigenvalue weighted by atomic mass is 35.5. The first-order valence-electron chi connectivity index (χ1n) is 9.85. The molecule has 2 aliphatic heterocycles. The second kappa shape index (κ2) is 10.2. The minimum atomic E-state index is 0.256. The summed E-state index contributed by atoms with van der Waals surface area (Å²) in [6.07, 6.45) is 7.35. The molecule has 1 aromatic carbocycles. The van der Waals surface area contributed by atoms with Crippen molar-refractivity contribution >= 4 is 18.3 Å². The summed E-state index contributed by atoms with van der Waals surface area (Å²) in [5.74, 6) is 0.910. The van der Waals surface area contributed by atoms with E-state index in [4.69, 9.17) is 17.3 Å². The highest BCUT2D eigenvalue weighted by molar-refractivity contribution is 6.29. The van der Waals surface area contributed by atoms with Gasteiger partial charge in [0.15, 0.2) is 0 Å². The number of rotatable bonds is 7. The third-order valence-corrected chi connectivity index (χ3v) is 5.50. The van der Waals surface area contributed by atoms with Crippen LogP contribution in [0.3, 0.4) is 0 Å². The van der Waals surface area contributed by atoms with Crippen molar-refractivity contribution in [2.45, 2.75) is 6.54 Å². The summed E-state index contributed by atoms with van der Waals surface area (Å²) >= 11 is 5.82. The van der Waals surface area contributed by atoms with E-state index in [9.17, 15) is 5.11 Å². The first-order chi connectivity index (χ1) is 14.5. The number of aliphatic hydroxyl groups excluding tert-OH is 1. The van der Waals surface area contributed by atoms with E-state index in [1.807, 2.05) is 35.4 Å². The number of aliphatic imine (C=N–C) groups is 1. The maximum absolute atomic E-state index is 10.7. The number of halogens is 1. The highest BCUT2D eigenvalue weighted by Crippen LogP contribution is 2.25. The van der Waals surface area contributed by atoms with Gasteiger partial charge >= 0.3 is 0 Å². The molecule has 0 spiro atoms. The molecule has 6 nitrogen and oxygen atoms in total. The van der Waals surface area contributed by atoms with Crippen LogP contribution in [0.2, 0.25) is 0 Å². The molecule has 0 unspecified atom stereocenters. The summed E-state index contributed by atoms with van der Waals surface area (Å²) in [7, 11) is 0. The summed E-state index contributed by atoms with van der Waals surface area (Å²) in [5.41, 5.74) is 8.80. The van der Waals surface area contributed by atoms with Gasteiger partial charge in [-0.3, -0.25) is 9.89 Å². The van der Waals surface area contributed by atoms with E-state index in [1.165, 1.54) is 5.56 Å². The van der Waals surface area contributed by atoms with E-state index in [0.717, 1.165) is 31.8 Å². The van der Waals surface area contributed by atoms with Crippen molar-refractivity contribution in [2.75, 3.05) is 32.7 Å². The summed E-state index contributed by atoms with van der Waals surface area (Å²) in [6, 6.07) is 10.1. The lowest BCUT2D eigenvalue weighted by atomic mass is 10.1. The van der Waals surface area contributed by atoms with Crippen LogP contribution < -0.4 is 5.73 Å². The first kappa shape index (κ1) is 21.7. The van der Waals surface area contributed by atoms with Gasteiger partial charge in [0.2, 0.25) is 0 Å². The van der Waals surface area contributed by atoms with Crippen LogP contribution in [0.15, 0.2) is 94.3 Å². The van der Waals surface area contributed by atoms with Crippen LogP contribution in [0.5, 0.6) is 0 Å². The van der Waals surface area contributed by atoms with Crippen LogP contribution in [-0.4, -0.2) is 59.2 Å². The normalized spacial score (nSPS) is 18.9. The molecule has 0 bridgehead atoms. The van der Waals surface area contributed by atoms with E-state index < -0.39 is 0 Å². The molecule has 2 aliphatic rings. The van der Waals surface area contributed by atoms with Crippen molar-refractivity contribution in [3.05, 3.63) is 94.9 Å². The summed E-state index contributed by atoms with van der Waals surface area (Å²) in [5, 5.41) is 11.0. The maximum atomic E-state index is 10.7. The van der Waals surface area contributed by atoms with Gasteiger partial charge in [0, 0.05) is 51.0 Å². The van der Waals surface area contributed by atoms with E-state index in [-0.39, 0.29) is 5.76 Å². The monoisotopic (exact) mass is 425 g/mol. The molecule has 3 rings (SSSR count). The van der Waals surface area contributed by atoms with E-state index in [0.29, 0.717) is 29.8 Å². The lowest BCUT2D eigenvalue weighted by Crippen LogP contribution is -2.47. The standard InChI is InChI=1S/C23H28ClN5O/c1-18-23(30)20(10-11-29(18)16-19-6-4-3-5-7-19)17-27-12-14-28(15-13-27)22(25)9-8-21(24)26-2/h3-11,30H,1-2,12-17,25H2/b21-8-,22-9+. The van der Waals surface area contributed by atoms with Gasteiger partial charge in [0.1, 0.15) is 10.9 Å². The van der Waals surface area contributed by atoms with Crippen LogP contribution in [0, 0.1) is 0 Å². The van der Waals surface area contributed by atoms with Crippen molar-refractivity contribution in [3.8, 4) is 0 Å². The summed E-state index contributed by atoms with van der Waals surface area (Å²) < 4.78 is 0. The average Bonchev–Trinajstić information content (AvgIpc) is 2.78. The number of piperazine rings is 1. The van der Waals surface area contributed by atoms with Crippen molar-refractivity contribution in [1.82, 2.24) is 14.7 Å². The predicted molar refractivity (Wildman–Crippen MR) is 124 cm³/mol. The Morgan fingerprint density at radius 2 is 1.83 bits per heavy atom. The molecule has 0 atom stereocenters. The molecule has 1 aromatic rings. The Labute approximate surface area is 183 Å². The molecule has 1 saturated heterocycles. The van der Waals surface area contributed by atoms with Gasteiger partial charge in [0.25, 0.3) is 0 Å². The molecule has 0 saturated carbocycles. The van der Waals surface area contributed by atoms with Crippen LogP contribution in [-0.2, 0) is 6.54 Å². The molecule has 2 heterocycles. The molecular weight excluding hydrogens is 398 g/mol. The molecule has 0 radical (unpaired) electrons.